The summed E-state index contributed by atoms with van der Waals surface area (Å²) in [5.74, 6) is -0.206. The summed E-state index contributed by atoms with van der Waals surface area (Å²) in [7, 11) is -3.21. The zero-order valence-electron chi connectivity index (χ0n) is 10.0. The van der Waals surface area contributed by atoms with Gasteiger partial charge in [0.2, 0.25) is 0 Å². The van der Waals surface area contributed by atoms with E-state index in [1.807, 2.05) is 0 Å². The van der Waals surface area contributed by atoms with E-state index in [1.54, 1.807) is 6.92 Å². The first-order chi connectivity index (χ1) is 8.01. The molecule has 102 valence electrons. The van der Waals surface area contributed by atoms with E-state index in [1.165, 1.54) is 24.3 Å². The Hall–Kier alpha value is -1.11. The molecule has 1 amide bonds. The van der Waals surface area contributed by atoms with Crippen LogP contribution in [0, 0.1) is 0 Å². The fourth-order valence-corrected chi connectivity index (χ4v) is 2.15. The second-order valence-electron chi connectivity index (χ2n) is 3.47. The summed E-state index contributed by atoms with van der Waals surface area (Å²) in [6.45, 7) is 2.35. The Morgan fingerprint density at radius 1 is 1.28 bits per heavy atom. The zero-order chi connectivity index (χ0) is 12.9. The third-order valence-electron chi connectivity index (χ3n) is 2.29. The molecule has 1 rings (SSSR count). The first kappa shape index (κ1) is 16.9. The maximum Gasteiger partial charge on any atom is 0.251 e. The molecule has 18 heavy (non-hydrogen) atoms. The van der Waals surface area contributed by atoms with Crippen LogP contribution >= 0.6 is 12.4 Å². The molecule has 0 aliphatic heterocycles. The highest BCUT2D eigenvalue weighted by atomic mass is 35.5. The van der Waals surface area contributed by atoms with Gasteiger partial charge in [0.05, 0.1) is 10.6 Å². The molecule has 1 aromatic carbocycles. The third kappa shape index (κ3) is 4.29. The summed E-state index contributed by atoms with van der Waals surface area (Å²) in [5.41, 5.74) is 5.68. The van der Waals surface area contributed by atoms with Gasteiger partial charge in [0.25, 0.3) is 5.91 Å². The van der Waals surface area contributed by atoms with Gasteiger partial charge >= 0.3 is 0 Å². The molecule has 0 saturated heterocycles. The van der Waals surface area contributed by atoms with Crippen LogP contribution in [0.4, 0.5) is 0 Å². The summed E-state index contributed by atoms with van der Waals surface area (Å²) >= 11 is 0. The first-order valence-electron chi connectivity index (χ1n) is 5.32. The second kappa shape index (κ2) is 7.35. The van der Waals surface area contributed by atoms with Gasteiger partial charge in [-0.05, 0) is 24.3 Å². The lowest BCUT2D eigenvalue weighted by Gasteiger charge is -2.05. The van der Waals surface area contributed by atoms with Gasteiger partial charge in [0.15, 0.2) is 9.84 Å². The summed E-state index contributed by atoms with van der Waals surface area (Å²) < 4.78 is 23.1. The SMILES string of the molecule is CCS(=O)(=O)c1ccc(C(=O)NCCN)cc1.Cl. The van der Waals surface area contributed by atoms with E-state index >= 15 is 0 Å². The lowest BCUT2D eigenvalue weighted by atomic mass is 10.2. The van der Waals surface area contributed by atoms with Crippen molar-refractivity contribution >= 4 is 28.2 Å². The number of sulfone groups is 1. The van der Waals surface area contributed by atoms with Crippen LogP contribution in [0.3, 0.4) is 0 Å². The minimum absolute atomic E-state index is 0. The molecule has 7 heteroatoms. The monoisotopic (exact) mass is 292 g/mol. The summed E-state index contributed by atoms with van der Waals surface area (Å²) in [4.78, 5) is 11.7. The number of nitrogens with one attached hydrogen (secondary N) is 1. The summed E-state index contributed by atoms with van der Waals surface area (Å²) in [6, 6.07) is 5.87. The molecule has 0 saturated carbocycles. The van der Waals surface area contributed by atoms with Crippen molar-refractivity contribution in [3.63, 3.8) is 0 Å². The average Bonchev–Trinajstić information content (AvgIpc) is 2.36. The van der Waals surface area contributed by atoms with Gasteiger partial charge in [0.1, 0.15) is 0 Å². The summed E-state index contributed by atoms with van der Waals surface area (Å²) in [5, 5.41) is 2.61. The Labute approximate surface area is 113 Å². The number of hydrogen-bond donors (Lipinski definition) is 2. The van der Waals surface area contributed by atoms with Crippen LogP contribution in [0.1, 0.15) is 17.3 Å². The number of rotatable bonds is 5. The quantitative estimate of drug-likeness (QED) is 0.831. The van der Waals surface area contributed by atoms with Crippen LogP contribution in [0.25, 0.3) is 0 Å². The van der Waals surface area contributed by atoms with Crippen LogP contribution in [0.5, 0.6) is 0 Å². The molecule has 0 bridgehead atoms. The van der Waals surface area contributed by atoms with Gasteiger partial charge in [0, 0.05) is 18.7 Å². The molecule has 3 N–H and O–H groups in total. The number of hydrogen-bond acceptors (Lipinski definition) is 4. The topological polar surface area (TPSA) is 89.3 Å². The number of carbonyl (C=O) groups is 1. The van der Waals surface area contributed by atoms with E-state index in [9.17, 15) is 13.2 Å². The molecule has 0 aliphatic carbocycles. The van der Waals surface area contributed by atoms with Gasteiger partial charge in [-0.25, -0.2) is 8.42 Å². The molecule has 0 aliphatic rings. The fourth-order valence-electron chi connectivity index (χ4n) is 1.27. The highest BCUT2D eigenvalue weighted by Crippen LogP contribution is 2.12. The highest BCUT2D eigenvalue weighted by molar-refractivity contribution is 7.91. The van der Waals surface area contributed by atoms with Gasteiger partial charge in [-0.1, -0.05) is 6.92 Å². The molecule has 0 radical (unpaired) electrons. The van der Waals surface area contributed by atoms with Crippen molar-refractivity contribution in [3.05, 3.63) is 29.8 Å². The van der Waals surface area contributed by atoms with Crippen molar-refractivity contribution < 1.29 is 13.2 Å². The molecular weight excluding hydrogens is 276 g/mol. The number of amides is 1. The maximum absolute atomic E-state index is 11.5. The molecule has 0 fully saturated rings. The van der Waals surface area contributed by atoms with Crippen molar-refractivity contribution in [1.82, 2.24) is 5.32 Å². The normalized spacial score (nSPS) is 10.6. The Morgan fingerprint density at radius 3 is 2.28 bits per heavy atom. The van der Waals surface area contributed by atoms with E-state index in [-0.39, 0.29) is 29.0 Å². The van der Waals surface area contributed by atoms with E-state index < -0.39 is 9.84 Å². The third-order valence-corrected chi connectivity index (χ3v) is 4.04. The van der Waals surface area contributed by atoms with Gasteiger partial charge in [-0.3, -0.25) is 4.79 Å². The standard InChI is InChI=1S/C11H16N2O3S.ClH/c1-2-17(15,16)10-5-3-9(4-6-10)11(14)13-8-7-12;/h3-6H,2,7-8,12H2,1H3,(H,13,14);1H. The Kier molecular flexibility index (Phi) is 6.90. The molecule has 0 aromatic heterocycles. The molecule has 0 unspecified atom stereocenters. The predicted octanol–water partition coefficient (Wildman–Crippen LogP) is 0.591. The van der Waals surface area contributed by atoms with Gasteiger partial charge in [-0.2, -0.15) is 0 Å². The highest BCUT2D eigenvalue weighted by Gasteiger charge is 2.12. The maximum atomic E-state index is 11.5. The molecule has 0 atom stereocenters. The Morgan fingerprint density at radius 2 is 1.83 bits per heavy atom. The molecule has 1 aromatic rings. The second-order valence-corrected chi connectivity index (χ2v) is 5.75. The van der Waals surface area contributed by atoms with Gasteiger partial charge < -0.3 is 11.1 Å². The van der Waals surface area contributed by atoms with Gasteiger partial charge in [-0.15, -0.1) is 12.4 Å². The van der Waals surface area contributed by atoms with E-state index in [0.717, 1.165) is 0 Å². The van der Waals surface area contributed by atoms with E-state index in [2.05, 4.69) is 5.32 Å². The summed E-state index contributed by atoms with van der Waals surface area (Å²) in [6.07, 6.45) is 0. The Bertz CT molecular complexity index is 486. The lowest BCUT2D eigenvalue weighted by molar-refractivity contribution is 0.0954. The zero-order valence-corrected chi connectivity index (χ0v) is 11.7. The number of halogens is 1. The Balaban J connectivity index is 0.00000289. The minimum Gasteiger partial charge on any atom is -0.351 e. The largest absolute Gasteiger partial charge is 0.351 e. The molecular formula is C11H17ClN2O3S. The van der Waals surface area contributed by atoms with Crippen LogP contribution in [0.15, 0.2) is 29.2 Å². The van der Waals surface area contributed by atoms with Crippen molar-refractivity contribution in [2.75, 3.05) is 18.8 Å². The van der Waals surface area contributed by atoms with Crippen LogP contribution in [-0.2, 0) is 9.84 Å². The smallest absolute Gasteiger partial charge is 0.251 e. The molecule has 5 nitrogen and oxygen atoms in total. The molecule has 0 spiro atoms. The van der Waals surface area contributed by atoms with Crippen molar-refractivity contribution in [1.29, 1.82) is 0 Å². The first-order valence-corrected chi connectivity index (χ1v) is 6.97. The van der Waals surface area contributed by atoms with Crippen LogP contribution in [-0.4, -0.2) is 33.2 Å². The minimum atomic E-state index is -3.21. The molecule has 0 heterocycles. The average molecular weight is 293 g/mol. The number of carbonyl (C=O) groups excluding carboxylic acids is 1. The fraction of sp³-hybridized carbons (Fsp3) is 0.364. The van der Waals surface area contributed by atoms with Crippen LogP contribution in [0.2, 0.25) is 0 Å². The predicted molar refractivity (Wildman–Crippen MR) is 72.8 cm³/mol. The van der Waals surface area contributed by atoms with Crippen molar-refractivity contribution in [2.45, 2.75) is 11.8 Å². The number of benzene rings is 1. The van der Waals surface area contributed by atoms with E-state index in [0.29, 0.717) is 18.7 Å². The lowest BCUT2D eigenvalue weighted by Crippen LogP contribution is -2.28. The van der Waals surface area contributed by atoms with Crippen molar-refractivity contribution in [2.24, 2.45) is 5.73 Å². The van der Waals surface area contributed by atoms with E-state index in [4.69, 9.17) is 5.73 Å². The van der Waals surface area contributed by atoms with Crippen molar-refractivity contribution in [3.8, 4) is 0 Å². The van der Waals surface area contributed by atoms with Crippen LogP contribution < -0.4 is 11.1 Å². The number of nitrogens with two attached hydrogens (primary N) is 1.